The van der Waals surface area contributed by atoms with E-state index in [1.807, 2.05) is 0 Å². The standard InChI is InChI=1S/C17H30N2O8SSi/c1-12-9-18(15-8-13(20)14(27-15)10-26-28(2,23)24)17(22)19(16(12)21)11-25-6-7-29(3,4)5/h9,13-15,20H,6-8,10-11H2,1-5H3/t13-,14-,15-/m1/s1. The van der Waals surface area contributed by atoms with E-state index >= 15 is 0 Å². The topological polar surface area (TPSA) is 126 Å². The number of aryl methyl sites for hydroxylation is 1. The monoisotopic (exact) mass is 450 g/mol. The van der Waals surface area contributed by atoms with Gasteiger partial charge in [0.25, 0.3) is 15.7 Å². The molecular weight excluding hydrogens is 420 g/mol. The molecule has 3 atom stereocenters. The minimum atomic E-state index is -3.69. The van der Waals surface area contributed by atoms with E-state index in [-0.39, 0.29) is 19.8 Å². The summed E-state index contributed by atoms with van der Waals surface area (Å²) in [5, 5.41) is 10.1. The Morgan fingerprint density at radius 2 is 1.97 bits per heavy atom. The van der Waals surface area contributed by atoms with Crippen molar-refractivity contribution in [3.63, 3.8) is 0 Å². The molecule has 12 heteroatoms. The Bertz CT molecular complexity index is 934. The van der Waals surface area contributed by atoms with Crippen molar-refractivity contribution in [2.75, 3.05) is 19.5 Å². The van der Waals surface area contributed by atoms with E-state index in [9.17, 15) is 23.1 Å². The van der Waals surface area contributed by atoms with Crippen LogP contribution in [0.25, 0.3) is 0 Å². The maximum Gasteiger partial charge on any atom is 0.335 e. The highest BCUT2D eigenvalue weighted by molar-refractivity contribution is 7.85. The van der Waals surface area contributed by atoms with Crippen molar-refractivity contribution in [1.82, 2.24) is 9.13 Å². The second-order valence-electron chi connectivity index (χ2n) is 8.50. The van der Waals surface area contributed by atoms with E-state index in [1.54, 1.807) is 6.92 Å². The van der Waals surface area contributed by atoms with E-state index in [4.69, 9.17) is 9.47 Å². The maximum absolute atomic E-state index is 12.8. The van der Waals surface area contributed by atoms with Crippen molar-refractivity contribution >= 4 is 18.2 Å². The van der Waals surface area contributed by atoms with Crippen LogP contribution in [0.15, 0.2) is 15.8 Å². The summed E-state index contributed by atoms with van der Waals surface area (Å²) in [5.41, 5.74) is -0.738. The number of nitrogens with zero attached hydrogens (tertiary/aromatic N) is 2. The summed E-state index contributed by atoms with van der Waals surface area (Å²) < 4.78 is 40.4. The van der Waals surface area contributed by atoms with Gasteiger partial charge in [-0.05, 0) is 13.0 Å². The first-order valence-electron chi connectivity index (χ1n) is 9.37. The van der Waals surface area contributed by atoms with E-state index in [1.165, 1.54) is 10.8 Å². The van der Waals surface area contributed by atoms with Crippen LogP contribution in [0.5, 0.6) is 0 Å². The molecule has 1 aliphatic rings. The zero-order valence-corrected chi connectivity index (χ0v) is 19.3. The largest absolute Gasteiger partial charge is 0.390 e. The predicted octanol–water partition coefficient (Wildman–Crippen LogP) is 0.255. The maximum atomic E-state index is 12.8. The lowest BCUT2D eigenvalue weighted by molar-refractivity contribution is -0.0411. The highest BCUT2D eigenvalue weighted by Gasteiger charge is 2.36. The molecule has 0 unspecified atom stereocenters. The van der Waals surface area contributed by atoms with Gasteiger partial charge in [-0.3, -0.25) is 13.5 Å². The van der Waals surface area contributed by atoms with Crippen molar-refractivity contribution in [1.29, 1.82) is 0 Å². The molecule has 0 aliphatic carbocycles. The summed E-state index contributed by atoms with van der Waals surface area (Å²) >= 11 is 0. The van der Waals surface area contributed by atoms with Crippen LogP contribution in [0, 0.1) is 6.92 Å². The predicted molar refractivity (Wildman–Crippen MR) is 109 cm³/mol. The van der Waals surface area contributed by atoms with Gasteiger partial charge in [0.2, 0.25) is 0 Å². The highest BCUT2D eigenvalue weighted by atomic mass is 32.2. The molecule has 166 valence electrons. The first kappa shape index (κ1) is 24.0. The lowest BCUT2D eigenvalue weighted by Gasteiger charge is -2.19. The van der Waals surface area contributed by atoms with Gasteiger partial charge in [-0.1, -0.05) is 19.6 Å². The molecule has 0 amide bonds. The van der Waals surface area contributed by atoms with Crippen LogP contribution < -0.4 is 11.2 Å². The summed E-state index contributed by atoms with van der Waals surface area (Å²) in [7, 11) is -4.99. The van der Waals surface area contributed by atoms with Gasteiger partial charge in [0.1, 0.15) is 19.1 Å². The third kappa shape index (κ3) is 6.86. The third-order valence-electron chi connectivity index (χ3n) is 4.54. The van der Waals surface area contributed by atoms with Crippen molar-refractivity contribution in [2.45, 2.75) is 64.2 Å². The molecule has 1 aromatic rings. The molecule has 10 nitrogen and oxygen atoms in total. The first-order valence-corrected chi connectivity index (χ1v) is 14.9. The molecule has 0 aromatic carbocycles. The van der Waals surface area contributed by atoms with Crippen LogP contribution in [-0.2, 0) is 30.5 Å². The summed E-state index contributed by atoms with van der Waals surface area (Å²) in [5.74, 6) is 0. The average Bonchev–Trinajstić information content (AvgIpc) is 2.94. The Balaban J connectivity index is 2.16. The second-order valence-corrected chi connectivity index (χ2v) is 15.8. The van der Waals surface area contributed by atoms with Crippen LogP contribution in [0.3, 0.4) is 0 Å². The molecule has 1 N–H and O–H groups in total. The number of hydrogen-bond acceptors (Lipinski definition) is 8. The highest BCUT2D eigenvalue weighted by Crippen LogP contribution is 2.28. The zero-order chi connectivity index (χ0) is 22.0. The number of ether oxygens (including phenoxy) is 2. The average molecular weight is 451 g/mol. The van der Waals surface area contributed by atoms with E-state index in [2.05, 4.69) is 23.8 Å². The summed E-state index contributed by atoms with van der Waals surface area (Å²) in [6.07, 6.45) is -0.430. The molecule has 0 saturated carbocycles. The zero-order valence-electron chi connectivity index (χ0n) is 17.5. The second kappa shape index (κ2) is 9.23. The molecule has 1 aromatic heterocycles. The number of rotatable bonds is 9. The van der Waals surface area contributed by atoms with Crippen LogP contribution in [-0.4, -0.2) is 62.4 Å². The Hall–Kier alpha value is -1.31. The molecule has 1 aliphatic heterocycles. The number of aliphatic hydroxyl groups excluding tert-OH is 1. The molecule has 0 radical (unpaired) electrons. The van der Waals surface area contributed by atoms with Gasteiger partial charge in [-0.25, -0.2) is 9.36 Å². The quantitative estimate of drug-likeness (QED) is 0.322. The fraction of sp³-hybridized carbons (Fsp3) is 0.765. The molecule has 2 rings (SSSR count). The molecule has 1 fully saturated rings. The van der Waals surface area contributed by atoms with Crippen LogP contribution in [0.4, 0.5) is 0 Å². The van der Waals surface area contributed by atoms with Gasteiger partial charge in [0, 0.05) is 32.9 Å². The Morgan fingerprint density at radius 1 is 1.31 bits per heavy atom. The van der Waals surface area contributed by atoms with Gasteiger partial charge >= 0.3 is 5.69 Å². The lowest BCUT2D eigenvalue weighted by atomic mass is 10.2. The van der Waals surface area contributed by atoms with Gasteiger partial charge in [0.15, 0.2) is 0 Å². The smallest absolute Gasteiger partial charge is 0.335 e. The summed E-state index contributed by atoms with van der Waals surface area (Å²) in [6.45, 7) is 8.12. The fourth-order valence-corrected chi connectivity index (χ4v) is 3.98. The van der Waals surface area contributed by atoms with Crippen molar-refractivity contribution in [2.24, 2.45) is 0 Å². The van der Waals surface area contributed by atoms with Gasteiger partial charge in [-0.2, -0.15) is 8.42 Å². The van der Waals surface area contributed by atoms with Crippen LogP contribution in [0.2, 0.25) is 25.7 Å². The Morgan fingerprint density at radius 3 is 2.55 bits per heavy atom. The molecule has 0 bridgehead atoms. The van der Waals surface area contributed by atoms with Crippen LogP contribution in [0.1, 0.15) is 18.2 Å². The van der Waals surface area contributed by atoms with E-state index < -0.39 is 47.9 Å². The minimum Gasteiger partial charge on any atom is -0.390 e. The van der Waals surface area contributed by atoms with Gasteiger partial charge in [0.05, 0.1) is 19.0 Å². The number of hydrogen-bond donors (Lipinski definition) is 1. The SMILES string of the molecule is Cc1cn([C@H]2C[C@@H](O)[C@@H](COS(C)(=O)=O)O2)c(=O)n(COCC[Si](C)(C)C)c1=O. The van der Waals surface area contributed by atoms with Gasteiger partial charge in [-0.15, -0.1) is 0 Å². The minimum absolute atomic E-state index is 0.0613. The Labute approximate surface area is 171 Å². The molecule has 29 heavy (non-hydrogen) atoms. The fourth-order valence-electron chi connectivity index (χ4n) is 2.84. The molecule has 0 spiro atoms. The molecular formula is C17H30N2O8SSi. The lowest BCUT2D eigenvalue weighted by Crippen LogP contribution is -2.42. The van der Waals surface area contributed by atoms with Crippen molar-refractivity contribution < 1.29 is 27.2 Å². The van der Waals surface area contributed by atoms with Gasteiger partial charge < -0.3 is 14.6 Å². The number of aliphatic hydroxyl groups is 1. The van der Waals surface area contributed by atoms with E-state index in [0.717, 1.165) is 16.9 Å². The van der Waals surface area contributed by atoms with Crippen molar-refractivity contribution in [3.8, 4) is 0 Å². The Kier molecular flexibility index (Phi) is 7.62. The third-order valence-corrected chi connectivity index (χ3v) is 6.81. The van der Waals surface area contributed by atoms with E-state index in [0.29, 0.717) is 12.2 Å². The first-order chi connectivity index (χ1) is 13.3. The number of aromatic nitrogens is 2. The van der Waals surface area contributed by atoms with Crippen LogP contribution >= 0.6 is 0 Å². The molecule has 1 saturated heterocycles. The summed E-state index contributed by atoms with van der Waals surface area (Å²) in [4.78, 5) is 25.2. The summed E-state index contributed by atoms with van der Waals surface area (Å²) in [6, 6.07) is 0.904. The normalized spacial score (nSPS) is 22.9. The van der Waals surface area contributed by atoms with Crippen molar-refractivity contribution in [3.05, 3.63) is 32.6 Å². The molecule has 2 heterocycles.